The molecular weight excluding hydrogens is 148 g/mol. The number of allylic oxidation sites excluding steroid dienone is 2. The number of methoxy groups -OCH3 is 1. The van der Waals surface area contributed by atoms with Crippen LogP contribution < -0.4 is 0 Å². The Morgan fingerprint density at radius 3 is 2.83 bits per heavy atom. The number of ether oxygens (including phenoxy) is 1. The van der Waals surface area contributed by atoms with Crippen molar-refractivity contribution in [2.24, 2.45) is 0 Å². The van der Waals surface area contributed by atoms with Crippen LogP contribution in [-0.4, -0.2) is 7.11 Å². The highest BCUT2D eigenvalue weighted by atomic mass is 16.5. The number of benzene rings is 1. The molecule has 0 heterocycles. The Kier molecular flexibility index (Phi) is 1.71. The third-order valence-corrected chi connectivity index (χ3v) is 1.96. The van der Waals surface area contributed by atoms with E-state index in [9.17, 15) is 0 Å². The van der Waals surface area contributed by atoms with Crippen LogP contribution in [0.1, 0.15) is 11.1 Å². The lowest BCUT2D eigenvalue weighted by Crippen LogP contribution is -1.80. The van der Waals surface area contributed by atoms with Gasteiger partial charge in [-0.05, 0) is 11.1 Å². The fourth-order valence-electron chi connectivity index (χ4n) is 1.40. The van der Waals surface area contributed by atoms with Gasteiger partial charge in [0.1, 0.15) is 0 Å². The van der Waals surface area contributed by atoms with E-state index in [1.807, 2.05) is 12.1 Å². The van der Waals surface area contributed by atoms with Gasteiger partial charge >= 0.3 is 0 Å². The Morgan fingerprint density at radius 1 is 1.17 bits per heavy atom. The second-order valence-electron chi connectivity index (χ2n) is 2.73. The van der Waals surface area contributed by atoms with E-state index in [0.29, 0.717) is 0 Å². The molecule has 0 spiro atoms. The first-order valence-corrected chi connectivity index (χ1v) is 3.92. The summed E-state index contributed by atoms with van der Waals surface area (Å²) in [5.41, 5.74) is 3.66. The fraction of sp³-hybridized carbons (Fsp3) is 0.0909. The largest absolute Gasteiger partial charge is 0.504 e. The van der Waals surface area contributed by atoms with Gasteiger partial charge in [-0.2, -0.15) is 0 Å². The van der Waals surface area contributed by atoms with Gasteiger partial charge in [-0.3, -0.25) is 0 Å². The van der Waals surface area contributed by atoms with E-state index in [2.05, 4.69) is 24.3 Å². The van der Waals surface area contributed by atoms with E-state index in [1.165, 1.54) is 11.1 Å². The van der Waals surface area contributed by atoms with Crippen molar-refractivity contribution in [1.29, 1.82) is 0 Å². The van der Waals surface area contributed by atoms with Gasteiger partial charge in [0.05, 0.1) is 13.4 Å². The van der Waals surface area contributed by atoms with Gasteiger partial charge in [0.25, 0.3) is 0 Å². The topological polar surface area (TPSA) is 9.23 Å². The summed E-state index contributed by atoms with van der Waals surface area (Å²) in [6, 6.07) is 8.27. The first-order chi connectivity index (χ1) is 5.92. The first-order valence-electron chi connectivity index (χ1n) is 3.92. The minimum atomic E-state index is 1.15. The van der Waals surface area contributed by atoms with E-state index in [0.717, 1.165) is 5.57 Å². The van der Waals surface area contributed by atoms with Crippen LogP contribution in [-0.2, 0) is 4.74 Å². The molecule has 60 valence electrons. The normalized spacial score (nSPS) is 16.6. The molecule has 0 aliphatic heterocycles. The summed E-state index contributed by atoms with van der Waals surface area (Å²) in [4.78, 5) is 0. The van der Waals surface area contributed by atoms with Gasteiger partial charge in [-0.1, -0.05) is 36.4 Å². The van der Waals surface area contributed by atoms with Crippen molar-refractivity contribution in [3.8, 4) is 0 Å². The molecule has 0 saturated heterocycles. The van der Waals surface area contributed by atoms with Crippen LogP contribution in [0.25, 0.3) is 11.6 Å². The van der Waals surface area contributed by atoms with Gasteiger partial charge in [0.15, 0.2) is 0 Å². The Morgan fingerprint density at radius 2 is 2.00 bits per heavy atom. The summed E-state index contributed by atoms with van der Waals surface area (Å²) in [7, 11) is 1.67. The fourth-order valence-corrected chi connectivity index (χ4v) is 1.40. The lowest BCUT2D eigenvalue weighted by atomic mass is 10.1. The quantitative estimate of drug-likeness (QED) is 0.571. The predicted octanol–water partition coefficient (Wildman–Crippen LogP) is 2.70. The number of rotatable bonds is 1. The first kappa shape index (κ1) is 7.17. The molecule has 1 aliphatic rings. The van der Waals surface area contributed by atoms with E-state index < -0.39 is 0 Å². The van der Waals surface area contributed by atoms with E-state index in [4.69, 9.17) is 4.74 Å². The molecule has 1 aromatic carbocycles. The molecule has 1 aromatic rings. The highest BCUT2D eigenvalue weighted by molar-refractivity contribution is 5.89. The van der Waals surface area contributed by atoms with Crippen LogP contribution in [0.4, 0.5) is 0 Å². The molecule has 0 aromatic heterocycles. The Balaban J connectivity index is 2.49. The second-order valence-corrected chi connectivity index (χ2v) is 2.73. The Labute approximate surface area is 72.0 Å². The molecule has 0 unspecified atom stereocenters. The lowest BCUT2D eigenvalue weighted by molar-refractivity contribution is 0.340. The van der Waals surface area contributed by atoms with E-state index >= 15 is 0 Å². The van der Waals surface area contributed by atoms with E-state index in [1.54, 1.807) is 13.4 Å². The van der Waals surface area contributed by atoms with Crippen molar-refractivity contribution >= 4 is 11.6 Å². The molecule has 0 amide bonds. The van der Waals surface area contributed by atoms with Gasteiger partial charge in [0.2, 0.25) is 0 Å². The minimum absolute atomic E-state index is 1.15. The Bertz CT molecular complexity index is 348. The molecule has 2 rings (SSSR count). The maximum absolute atomic E-state index is 4.97. The third kappa shape index (κ3) is 1.03. The molecule has 1 nitrogen and oxygen atoms in total. The standard InChI is InChI=1S/C11H10O/c1-12-8-10-7-6-9-4-2-3-5-11(9)10/h2-8H,1H3. The zero-order chi connectivity index (χ0) is 8.39. The summed E-state index contributed by atoms with van der Waals surface area (Å²) in [5.74, 6) is 0. The average molecular weight is 158 g/mol. The number of hydrogen-bond acceptors (Lipinski definition) is 1. The van der Waals surface area contributed by atoms with Crippen molar-refractivity contribution in [2.45, 2.75) is 0 Å². The van der Waals surface area contributed by atoms with Crippen LogP contribution >= 0.6 is 0 Å². The number of fused-ring (bicyclic) bond motifs is 1. The van der Waals surface area contributed by atoms with E-state index in [-0.39, 0.29) is 0 Å². The smallest absolute Gasteiger partial charge is 0.0903 e. The SMILES string of the molecule is COC=C1C=Cc2ccccc21. The molecule has 1 heteroatoms. The molecule has 0 radical (unpaired) electrons. The minimum Gasteiger partial charge on any atom is -0.504 e. The van der Waals surface area contributed by atoms with Crippen molar-refractivity contribution in [2.75, 3.05) is 7.11 Å². The van der Waals surface area contributed by atoms with Crippen molar-refractivity contribution < 1.29 is 4.74 Å². The van der Waals surface area contributed by atoms with Crippen molar-refractivity contribution in [3.05, 3.63) is 47.7 Å². The highest BCUT2D eigenvalue weighted by Gasteiger charge is 2.08. The molecule has 12 heavy (non-hydrogen) atoms. The summed E-state index contributed by atoms with van der Waals surface area (Å²) in [5, 5.41) is 0. The van der Waals surface area contributed by atoms with Crippen molar-refractivity contribution in [3.63, 3.8) is 0 Å². The van der Waals surface area contributed by atoms with Crippen LogP contribution in [0.2, 0.25) is 0 Å². The number of hydrogen-bond donors (Lipinski definition) is 0. The average Bonchev–Trinajstić information content (AvgIpc) is 2.50. The zero-order valence-electron chi connectivity index (χ0n) is 6.95. The van der Waals surface area contributed by atoms with Crippen LogP contribution in [0.3, 0.4) is 0 Å². The maximum Gasteiger partial charge on any atom is 0.0903 e. The van der Waals surface area contributed by atoms with Gasteiger partial charge in [-0.25, -0.2) is 0 Å². The Hall–Kier alpha value is -1.50. The van der Waals surface area contributed by atoms with Crippen LogP contribution in [0.15, 0.2) is 36.6 Å². The highest BCUT2D eigenvalue weighted by Crippen LogP contribution is 2.28. The monoisotopic (exact) mass is 158 g/mol. The van der Waals surface area contributed by atoms with Gasteiger partial charge in [-0.15, -0.1) is 0 Å². The second kappa shape index (κ2) is 2.86. The molecule has 0 bridgehead atoms. The summed E-state index contributed by atoms with van der Waals surface area (Å²) in [6.45, 7) is 0. The van der Waals surface area contributed by atoms with Crippen LogP contribution in [0, 0.1) is 0 Å². The zero-order valence-corrected chi connectivity index (χ0v) is 6.95. The maximum atomic E-state index is 4.97. The summed E-state index contributed by atoms with van der Waals surface area (Å²) in [6.07, 6.45) is 5.93. The molecular formula is C11H10O. The van der Waals surface area contributed by atoms with Crippen LogP contribution in [0.5, 0.6) is 0 Å². The molecule has 0 atom stereocenters. The predicted molar refractivity (Wildman–Crippen MR) is 50.5 cm³/mol. The molecule has 0 N–H and O–H groups in total. The third-order valence-electron chi connectivity index (χ3n) is 1.96. The lowest BCUT2D eigenvalue weighted by Gasteiger charge is -1.98. The van der Waals surface area contributed by atoms with Crippen molar-refractivity contribution in [1.82, 2.24) is 0 Å². The van der Waals surface area contributed by atoms with Gasteiger partial charge < -0.3 is 4.74 Å². The summed E-state index contributed by atoms with van der Waals surface area (Å²) < 4.78 is 4.97. The molecule has 0 saturated carbocycles. The summed E-state index contributed by atoms with van der Waals surface area (Å²) >= 11 is 0. The molecule has 1 aliphatic carbocycles. The van der Waals surface area contributed by atoms with Gasteiger partial charge in [0, 0.05) is 5.57 Å². The molecule has 0 fully saturated rings.